The first-order valence-electron chi connectivity index (χ1n) is 8.14. The Balaban J connectivity index is 0.00000208. The molecule has 24 heavy (non-hydrogen) atoms. The Morgan fingerprint density at radius 2 is 2.04 bits per heavy atom. The number of hydrogen-bond donors (Lipinski definition) is 2. The molecular weight excluding hydrogens is 351 g/mol. The summed E-state index contributed by atoms with van der Waals surface area (Å²) in [6, 6.07) is 7.88. The molecular formula is C17H24Cl2N2O3. The van der Waals surface area contributed by atoms with Gasteiger partial charge in [0, 0.05) is 43.3 Å². The summed E-state index contributed by atoms with van der Waals surface area (Å²) < 4.78 is 11.0. The summed E-state index contributed by atoms with van der Waals surface area (Å²) in [4.78, 5) is 12.4. The molecule has 0 spiro atoms. The molecule has 2 saturated heterocycles. The summed E-state index contributed by atoms with van der Waals surface area (Å²) in [6.45, 7) is 3.85. The number of carbonyl (C=O) groups is 1. The van der Waals surface area contributed by atoms with Crippen molar-refractivity contribution >= 4 is 29.9 Å². The number of hydrogen-bond acceptors (Lipinski definition) is 4. The lowest BCUT2D eigenvalue weighted by molar-refractivity contribution is -0.134. The second-order valence-electron chi connectivity index (χ2n) is 6.15. The number of carbonyl (C=O) groups excluding carboxylic acids is 1. The average Bonchev–Trinajstić information content (AvgIpc) is 2.61. The third-order valence-corrected chi connectivity index (χ3v) is 5.05. The number of rotatable bonds is 4. The van der Waals surface area contributed by atoms with Crippen LogP contribution >= 0.6 is 24.0 Å². The van der Waals surface area contributed by atoms with Crippen molar-refractivity contribution in [1.82, 2.24) is 10.6 Å². The lowest BCUT2D eigenvalue weighted by atomic mass is 9.74. The monoisotopic (exact) mass is 374 g/mol. The van der Waals surface area contributed by atoms with Crippen LogP contribution in [0.2, 0.25) is 5.02 Å². The van der Waals surface area contributed by atoms with Crippen LogP contribution in [0.1, 0.15) is 18.4 Å². The molecule has 3 rings (SSSR count). The molecule has 134 valence electrons. The van der Waals surface area contributed by atoms with E-state index in [0.29, 0.717) is 32.9 Å². The van der Waals surface area contributed by atoms with Crippen molar-refractivity contribution in [2.24, 2.45) is 0 Å². The van der Waals surface area contributed by atoms with Crippen LogP contribution in [0.5, 0.6) is 0 Å². The van der Waals surface area contributed by atoms with Gasteiger partial charge >= 0.3 is 0 Å². The van der Waals surface area contributed by atoms with E-state index in [1.54, 1.807) is 0 Å². The first kappa shape index (κ1) is 19.5. The predicted molar refractivity (Wildman–Crippen MR) is 96.1 cm³/mol. The molecule has 1 aromatic rings. The Morgan fingerprint density at radius 1 is 1.29 bits per heavy atom. The maximum atomic E-state index is 12.4. The molecule has 0 aromatic heterocycles. The maximum Gasteiger partial charge on any atom is 0.250 e. The molecule has 2 aliphatic rings. The SMILES string of the molecule is Cl.O=C(NCC1(c2ccccc2Cl)CCOCC1)C1CNCCO1. The van der Waals surface area contributed by atoms with Crippen LogP contribution in [0.3, 0.4) is 0 Å². The molecule has 0 radical (unpaired) electrons. The van der Waals surface area contributed by atoms with Gasteiger partial charge in [-0.05, 0) is 24.5 Å². The van der Waals surface area contributed by atoms with Crippen LogP contribution in [-0.4, -0.2) is 51.5 Å². The van der Waals surface area contributed by atoms with Crippen LogP contribution in [0, 0.1) is 0 Å². The quantitative estimate of drug-likeness (QED) is 0.844. The molecule has 1 amide bonds. The summed E-state index contributed by atoms with van der Waals surface area (Å²) >= 11 is 6.42. The second-order valence-corrected chi connectivity index (χ2v) is 6.56. The van der Waals surface area contributed by atoms with Crippen LogP contribution in [0.15, 0.2) is 24.3 Å². The fourth-order valence-corrected chi connectivity index (χ4v) is 3.63. The molecule has 1 unspecified atom stereocenters. The summed E-state index contributed by atoms with van der Waals surface area (Å²) in [7, 11) is 0. The molecule has 2 aliphatic heterocycles. The minimum Gasteiger partial charge on any atom is -0.381 e. The van der Waals surface area contributed by atoms with E-state index in [-0.39, 0.29) is 23.7 Å². The normalized spacial score (nSPS) is 23.1. The zero-order valence-corrected chi connectivity index (χ0v) is 15.1. The molecule has 7 heteroatoms. The third kappa shape index (κ3) is 4.41. The lowest BCUT2D eigenvalue weighted by Gasteiger charge is -2.39. The van der Waals surface area contributed by atoms with E-state index in [1.165, 1.54) is 0 Å². The van der Waals surface area contributed by atoms with Gasteiger partial charge in [-0.3, -0.25) is 4.79 Å². The minimum absolute atomic E-state index is 0. The smallest absolute Gasteiger partial charge is 0.250 e. The lowest BCUT2D eigenvalue weighted by Crippen LogP contribution is -2.51. The summed E-state index contributed by atoms with van der Waals surface area (Å²) in [5.41, 5.74) is 0.918. The first-order valence-corrected chi connectivity index (χ1v) is 8.52. The summed E-state index contributed by atoms with van der Waals surface area (Å²) in [5, 5.41) is 7.00. The van der Waals surface area contributed by atoms with Gasteiger partial charge < -0.3 is 20.1 Å². The molecule has 2 N–H and O–H groups in total. The molecule has 0 saturated carbocycles. The Bertz CT molecular complexity index is 544. The van der Waals surface area contributed by atoms with E-state index in [2.05, 4.69) is 16.7 Å². The largest absolute Gasteiger partial charge is 0.381 e. The Kier molecular flexibility index (Phi) is 7.32. The zero-order valence-electron chi connectivity index (χ0n) is 13.6. The van der Waals surface area contributed by atoms with Gasteiger partial charge in [0.2, 0.25) is 5.91 Å². The maximum absolute atomic E-state index is 12.4. The highest BCUT2D eigenvalue weighted by molar-refractivity contribution is 6.31. The van der Waals surface area contributed by atoms with Crippen molar-refractivity contribution in [2.45, 2.75) is 24.4 Å². The van der Waals surface area contributed by atoms with Gasteiger partial charge in [-0.1, -0.05) is 29.8 Å². The highest BCUT2D eigenvalue weighted by atomic mass is 35.5. The van der Waals surface area contributed by atoms with E-state index >= 15 is 0 Å². The molecule has 2 heterocycles. The van der Waals surface area contributed by atoms with Crippen LogP contribution in [0.25, 0.3) is 0 Å². The zero-order chi connectivity index (χ0) is 16.1. The van der Waals surface area contributed by atoms with Crippen LogP contribution in [-0.2, 0) is 19.7 Å². The Hall–Kier alpha value is -0.850. The van der Waals surface area contributed by atoms with Gasteiger partial charge in [-0.2, -0.15) is 0 Å². The van der Waals surface area contributed by atoms with Gasteiger partial charge in [-0.15, -0.1) is 12.4 Å². The van der Waals surface area contributed by atoms with E-state index < -0.39 is 6.10 Å². The van der Waals surface area contributed by atoms with E-state index in [4.69, 9.17) is 21.1 Å². The molecule has 2 fully saturated rings. The van der Waals surface area contributed by atoms with Crippen molar-refractivity contribution in [3.8, 4) is 0 Å². The van der Waals surface area contributed by atoms with E-state index in [1.807, 2.05) is 18.2 Å². The number of amides is 1. The van der Waals surface area contributed by atoms with E-state index in [0.717, 1.165) is 30.0 Å². The molecule has 0 aliphatic carbocycles. The van der Waals surface area contributed by atoms with Gasteiger partial charge in [0.1, 0.15) is 6.10 Å². The highest BCUT2D eigenvalue weighted by Gasteiger charge is 2.37. The number of morpholine rings is 1. The molecule has 1 atom stereocenters. The van der Waals surface area contributed by atoms with E-state index in [9.17, 15) is 4.79 Å². The fraction of sp³-hybridized carbons (Fsp3) is 0.588. The van der Waals surface area contributed by atoms with Crippen LogP contribution < -0.4 is 10.6 Å². The number of benzene rings is 1. The first-order chi connectivity index (χ1) is 11.2. The van der Waals surface area contributed by atoms with Gasteiger partial charge in [0.15, 0.2) is 0 Å². The molecule has 5 nitrogen and oxygen atoms in total. The van der Waals surface area contributed by atoms with Gasteiger partial charge in [-0.25, -0.2) is 0 Å². The average molecular weight is 375 g/mol. The standard InChI is InChI=1S/C17H23ClN2O3.ClH/c18-14-4-2-1-3-13(14)17(5-8-22-9-6-17)12-20-16(21)15-11-19-7-10-23-15;/h1-4,15,19H,5-12H2,(H,20,21);1H. The second kappa shape index (κ2) is 9.02. The predicted octanol–water partition coefficient (Wildman–Crippen LogP) is 1.91. The number of nitrogens with one attached hydrogen (secondary N) is 2. The van der Waals surface area contributed by atoms with Crippen molar-refractivity contribution in [2.75, 3.05) is 39.5 Å². The van der Waals surface area contributed by atoms with Gasteiger partial charge in [0.25, 0.3) is 0 Å². The summed E-state index contributed by atoms with van der Waals surface area (Å²) in [6.07, 6.45) is 1.29. The Morgan fingerprint density at radius 3 is 2.71 bits per heavy atom. The minimum atomic E-state index is -0.410. The fourth-order valence-electron chi connectivity index (χ4n) is 3.30. The molecule has 1 aromatic carbocycles. The number of halogens is 2. The molecule has 0 bridgehead atoms. The Labute approximate surface area is 153 Å². The summed E-state index contributed by atoms with van der Waals surface area (Å²) in [5.74, 6) is -0.0601. The van der Waals surface area contributed by atoms with Crippen molar-refractivity contribution < 1.29 is 14.3 Å². The van der Waals surface area contributed by atoms with Gasteiger partial charge in [0.05, 0.1) is 6.61 Å². The third-order valence-electron chi connectivity index (χ3n) is 4.72. The topological polar surface area (TPSA) is 59.6 Å². The van der Waals surface area contributed by atoms with Crippen molar-refractivity contribution in [1.29, 1.82) is 0 Å². The van der Waals surface area contributed by atoms with Crippen LogP contribution in [0.4, 0.5) is 0 Å². The van der Waals surface area contributed by atoms with Crippen molar-refractivity contribution in [3.05, 3.63) is 34.9 Å². The van der Waals surface area contributed by atoms with Crippen molar-refractivity contribution in [3.63, 3.8) is 0 Å². The number of ether oxygens (including phenoxy) is 2. The highest BCUT2D eigenvalue weighted by Crippen LogP contribution is 2.38.